The molecule has 140 valence electrons. The highest BCUT2D eigenvalue weighted by molar-refractivity contribution is 7.18. The van der Waals surface area contributed by atoms with Crippen LogP contribution in [-0.2, 0) is 17.6 Å². The van der Waals surface area contributed by atoms with Crippen LogP contribution < -0.4 is 0 Å². The third-order valence-corrected chi connectivity index (χ3v) is 6.20. The van der Waals surface area contributed by atoms with Crippen LogP contribution >= 0.6 is 22.7 Å². The zero-order valence-electron chi connectivity index (χ0n) is 14.8. The van der Waals surface area contributed by atoms with E-state index in [-0.39, 0.29) is 17.9 Å². The lowest BCUT2D eigenvalue weighted by molar-refractivity contribution is -0.118. The van der Waals surface area contributed by atoms with Gasteiger partial charge in [0.15, 0.2) is 5.69 Å². The number of carboxylic acids is 1. The van der Waals surface area contributed by atoms with E-state index >= 15 is 0 Å². The number of nitrogens with zero attached hydrogens (tertiary/aromatic N) is 2. The molecule has 4 aromatic rings. The highest BCUT2D eigenvalue weighted by Gasteiger charge is 2.13. The minimum atomic E-state index is -1.04. The molecule has 0 unspecified atom stereocenters. The SMILES string of the molecule is O=C(CCc1nc(C(=O)O)cs1)Cc1nc2ccc(-c3ccccc3)cc2s1. The zero-order valence-corrected chi connectivity index (χ0v) is 16.4. The van der Waals surface area contributed by atoms with E-state index in [0.29, 0.717) is 17.8 Å². The number of carbonyl (C=O) groups excluding carboxylic acids is 1. The van der Waals surface area contributed by atoms with Gasteiger partial charge in [0, 0.05) is 18.2 Å². The lowest BCUT2D eigenvalue weighted by atomic mass is 10.1. The molecule has 2 aromatic heterocycles. The molecule has 0 saturated heterocycles. The fraction of sp³-hybridized carbons (Fsp3) is 0.143. The van der Waals surface area contributed by atoms with Gasteiger partial charge in [0.1, 0.15) is 10.8 Å². The van der Waals surface area contributed by atoms with Gasteiger partial charge in [-0.15, -0.1) is 22.7 Å². The van der Waals surface area contributed by atoms with E-state index in [1.54, 1.807) is 11.3 Å². The molecule has 28 heavy (non-hydrogen) atoms. The first-order valence-corrected chi connectivity index (χ1v) is 10.4. The number of hydrogen-bond acceptors (Lipinski definition) is 6. The van der Waals surface area contributed by atoms with E-state index in [4.69, 9.17) is 5.11 Å². The fourth-order valence-electron chi connectivity index (χ4n) is 2.89. The molecule has 0 amide bonds. The quantitative estimate of drug-likeness (QED) is 0.472. The van der Waals surface area contributed by atoms with Crippen molar-refractivity contribution in [2.24, 2.45) is 0 Å². The summed E-state index contributed by atoms with van der Waals surface area (Å²) in [6.07, 6.45) is 1.08. The molecule has 0 radical (unpaired) electrons. The van der Waals surface area contributed by atoms with Gasteiger partial charge < -0.3 is 5.11 Å². The smallest absolute Gasteiger partial charge is 0.355 e. The average molecular weight is 409 g/mol. The molecule has 1 N–H and O–H groups in total. The molecule has 0 aliphatic rings. The van der Waals surface area contributed by atoms with Crippen LogP contribution in [0, 0.1) is 0 Å². The van der Waals surface area contributed by atoms with Gasteiger partial charge in [-0.2, -0.15) is 0 Å². The van der Waals surface area contributed by atoms with Crippen LogP contribution in [0.3, 0.4) is 0 Å². The lowest BCUT2D eigenvalue weighted by Crippen LogP contribution is -2.04. The van der Waals surface area contributed by atoms with Crippen molar-refractivity contribution in [1.29, 1.82) is 0 Å². The maximum atomic E-state index is 12.3. The van der Waals surface area contributed by atoms with Crippen LogP contribution in [0.15, 0.2) is 53.9 Å². The molecular formula is C21H16N2O3S2. The Kier molecular flexibility index (Phi) is 5.27. The van der Waals surface area contributed by atoms with Crippen LogP contribution in [-0.4, -0.2) is 26.8 Å². The minimum Gasteiger partial charge on any atom is -0.476 e. The number of Topliss-reactive ketones (excluding diaryl/α,β-unsaturated/α-hetero) is 1. The average Bonchev–Trinajstić information content (AvgIpc) is 3.33. The Morgan fingerprint density at radius 3 is 2.54 bits per heavy atom. The third-order valence-electron chi connectivity index (χ3n) is 4.28. The number of ketones is 1. The molecule has 2 heterocycles. The number of aryl methyl sites for hydroxylation is 1. The Morgan fingerprint density at radius 1 is 0.964 bits per heavy atom. The molecule has 0 saturated carbocycles. The largest absolute Gasteiger partial charge is 0.476 e. The Labute approximate surface area is 169 Å². The topological polar surface area (TPSA) is 80.2 Å². The van der Waals surface area contributed by atoms with Crippen molar-refractivity contribution in [2.75, 3.05) is 0 Å². The number of aromatic carboxylic acids is 1. The summed E-state index contributed by atoms with van der Waals surface area (Å²) >= 11 is 2.81. The lowest BCUT2D eigenvalue weighted by Gasteiger charge is -2.00. The van der Waals surface area contributed by atoms with E-state index in [9.17, 15) is 9.59 Å². The van der Waals surface area contributed by atoms with Crippen molar-refractivity contribution < 1.29 is 14.7 Å². The number of aromatic nitrogens is 2. The Morgan fingerprint density at radius 2 is 1.79 bits per heavy atom. The van der Waals surface area contributed by atoms with Gasteiger partial charge in [0.05, 0.1) is 21.6 Å². The van der Waals surface area contributed by atoms with Crippen molar-refractivity contribution in [2.45, 2.75) is 19.3 Å². The van der Waals surface area contributed by atoms with Crippen LogP contribution in [0.1, 0.15) is 26.9 Å². The molecule has 0 fully saturated rings. The summed E-state index contributed by atoms with van der Waals surface area (Å²) in [4.78, 5) is 31.8. The van der Waals surface area contributed by atoms with Crippen LogP contribution in [0.25, 0.3) is 21.3 Å². The van der Waals surface area contributed by atoms with Gasteiger partial charge >= 0.3 is 5.97 Å². The third kappa shape index (κ3) is 4.16. The van der Waals surface area contributed by atoms with Crippen LogP contribution in [0.4, 0.5) is 0 Å². The van der Waals surface area contributed by atoms with Crippen molar-refractivity contribution in [3.05, 3.63) is 69.6 Å². The van der Waals surface area contributed by atoms with Gasteiger partial charge in [-0.3, -0.25) is 4.79 Å². The van der Waals surface area contributed by atoms with Crippen LogP contribution in [0.5, 0.6) is 0 Å². The maximum Gasteiger partial charge on any atom is 0.355 e. The predicted molar refractivity (Wildman–Crippen MR) is 111 cm³/mol. The van der Waals surface area contributed by atoms with E-state index in [0.717, 1.165) is 26.4 Å². The number of rotatable bonds is 7. The zero-order chi connectivity index (χ0) is 19.5. The number of benzene rings is 2. The molecule has 0 spiro atoms. The number of carbonyl (C=O) groups is 2. The Bertz CT molecular complexity index is 1150. The van der Waals surface area contributed by atoms with Gasteiger partial charge in [0.2, 0.25) is 0 Å². The second-order valence-corrected chi connectivity index (χ2v) is 8.36. The van der Waals surface area contributed by atoms with E-state index in [1.807, 2.05) is 30.3 Å². The number of thiazole rings is 2. The monoisotopic (exact) mass is 408 g/mol. The number of fused-ring (bicyclic) bond motifs is 1. The number of carboxylic acid groups (broad SMARTS) is 1. The molecule has 5 nitrogen and oxygen atoms in total. The summed E-state index contributed by atoms with van der Waals surface area (Å²) in [6.45, 7) is 0. The summed E-state index contributed by atoms with van der Waals surface area (Å²) in [5.41, 5.74) is 3.22. The van der Waals surface area contributed by atoms with Crippen molar-refractivity contribution in [1.82, 2.24) is 9.97 Å². The van der Waals surface area contributed by atoms with Crippen molar-refractivity contribution >= 4 is 44.6 Å². The summed E-state index contributed by atoms with van der Waals surface area (Å²) in [7, 11) is 0. The molecular weight excluding hydrogens is 392 g/mol. The van der Waals surface area contributed by atoms with E-state index < -0.39 is 5.97 Å². The summed E-state index contributed by atoms with van der Waals surface area (Å²) in [5.74, 6) is -0.965. The highest BCUT2D eigenvalue weighted by Crippen LogP contribution is 2.28. The summed E-state index contributed by atoms with van der Waals surface area (Å²) in [6, 6.07) is 16.3. The molecule has 0 bridgehead atoms. The Hall–Kier alpha value is -2.90. The molecule has 0 atom stereocenters. The highest BCUT2D eigenvalue weighted by atomic mass is 32.1. The van der Waals surface area contributed by atoms with Gasteiger partial charge in [0.25, 0.3) is 0 Å². The molecule has 7 heteroatoms. The van der Waals surface area contributed by atoms with E-state index in [1.165, 1.54) is 16.7 Å². The van der Waals surface area contributed by atoms with Gasteiger partial charge in [-0.05, 0) is 23.3 Å². The summed E-state index contributed by atoms with van der Waals surface area (Å²) < 4.78 is 1.06. The van der Waals surface area contributed by atoms with Crippen molar-refractivity contribution in [3.63, 3.8) is 0 Å². The van der Waals surface area contributed by atoms with Crippen LogP contribution in [0.2, 0.25) is 0 Å². The minimum absolute atomic E-state index is 0.0350. The second kappa shape index (κ2) is 8.00. The predicted octanol–water partition coefficient (Wildman–Crippen LogP) is 4.86. The second-order valence-electron chi connectivity index (χ2n) is 6.30. The first-order valence-electron chi connectivity index (χ1n) is 8.73. The van der Waals surface area contributed by atoms with Gasteiger partial charge in [-0.1, -0.05) is 36.4 Å². The first-order chi connectivity index (χ1) is 13.6. The Balaban J connectivity index is 1.42. The first kappa shape index (κ1) is 18.5. The molecule has 4 rings (SSSR count). The molecule has 0 aliphatic carbocycles. The standard InChI is InChI=1S/C21H16N2O3S2/c24-15(7-9-19-23-17(12-27-19)21(25)26)11-20-22-16-8-6-14(10-18(16)28-20)13-4-2-1-3-5-13/h1-6,8,10,12H,7,9,11H2,(H,25,26). The molecule has 0 aliphatic heterocycles. The molecule has 2 aromatic carbocycles. The summed E-state index contributed by atoms with van der Waals surface area (Å²) in [5, 5.41) is 11.9. The van der Waals surface area contributed by atoms with Crippen molar-refractivity contribution in [3.8, 4) is 11.1 Å². The van der Waals surface area contributed by atoms with E-state index in [2.05, 4.69) is 28.2 Å². The fourth-order valence-corrected chi connectivity index (χ4v) is 4.69. The normalized spacial score (nSPS) is 11.0. The number of hydrogen-bond donors (Lipinski definition) is 1. The van der Waals surface area contributed by atoms with Gasteiger partial charge in [-0.25, -0.2) is 14.8 Å². The maximum absolute atomic E-state index is 12.3.